The maximum absolute atomic E-state index is 12.8. The van der Waals surface area contributed by atoms with Crippen LogP contribution in [0, 0.1) is 0 Å². The minimum atomic E-state index is -0.825. The Balaban J connectivity index is 4.31. The third kappa shape index (κ3) is 53.5. The molecule has 0 rings (SSSR count). The van der Waals surface area contributed by atoms with Crippen molar-refractivity contribution in [3.05, 3.63) is 85.1 Å². The van der Waals surface area contributed by atoms with Gasteiger partial charge in [-0.25, -0.2) is 0 Å². The van der Waals surface area contributed by atoms with Crippen LogP contribution in [0.2, 0.25) is 0 Å². The smallest absolute Gasteiger partial charge is 0.306 e. The molecule has 0 aliphatic rings. The maximum atomic E-state index is 12.8. The van der Waals surface area contributed by atoms with E-state index in [-0.39, 0.29) is 31.6 Å². The third-order valence-electron chi connectivity index (χ3n) is 12.2. The van der Waals surface area contributed by atoms with Gasteiger partial charge in [0.25, 0.3) is 0 Å². The number of rotatable bonds is 51. The number of carbonyl (C=O) groups is 3. The Bertz CT molecular complexity index is 1320. The molecule has 0 aliphatic heterocycles. The highest BCUT2D eigenvalue weighted by Gasteiger charge is 2.19. The van der Waals surface area contributed by atoms with Crippen molar-refractivity contribution < 1.29 is 28.6 Å². The molecule has 0 aromatic rings. The number of hydrogen-bond donors (Lipinski definition) is 0. The molecule has 1 atom stereocenters. The summed E-state index contributed by atoms with van der Waals surface area (Å²) in [5.74, 6) is -1.02. The molecule has 0 amide bonds. The second kappa shape index (κ2) is 56.2. The molecule has 0 fully saturated rings. The van der Waals surface area contributed by atoms with E-state index in [1.807, 2.05) is 12.2 Å². The molecule has 68 heavy (non-hydrogen) atoms. The second-order valence-corrected chi connectivity index (χ2v) is 18.8. The van der Waals surface area contributed by atoms with Gasteiger partial charge in [-0.1, -0.05) is 260 Å². The molecule has 0 N–H and O–H groups in total. The largest absolute Gasteiger partial charge is 0.462 e. The fourth-order valence-electron chi connectivity index (χ4n) is 7.94. The van der Waals surface area contributed by atoms with Crippen LogP contribution in [0.5, 0.6) is 0 Å². The van der Waals surface area contributed by atoms with E-state index >= 15 is 0 Å². The van der Waals surface area contributed by atoms with Crippen molar-refractivity contribution in [1.82, 2.24) is 0 Å². The van der Waals surface area contributed by atoms with Crippen molar-refractivity contribution in [3.63, 3.8) is 0 Å². The van der Waals surface area contributed by atoms with E-state index < -0.39 is 12.1 Å². The average molecular weight is 948 g/mol. The standard InChI is InChI=1S/C62H106O6/c1-4-7-10-13-16-19-22-25-26-27-28-29-30-31-32-33-34-35-38-40-43-46-49-52-55-61(64)67-58-59(68-62(65)56-53-50-47-44-41-37-24-21-18-15-12-9-6-3)57-66-60(63)54-51-48-45-42-39-36-23-20-17-14-11-8-5-2/h8-9,11-12,17-18,20-21,36-37,39,41,47,50,59H,4-7,10,13-16,19,22-35,38,40,42-46,48-49,51-58H2,1-3H3/b11-8-,12-9-,20-17-,21-18-,39-36-,41-37-,50-47-. The molecule has 0 radical (unpaired) electrons. The van der Waals surface area contributed by atoms with Crippen LogP contribution in [0.4, 0.5) is 0 Å². The van der Waals surface area contributed by atoms with E-state index in [1.54, 1.807) is 0 Å². The van der Waals surface area contributed by atoms with E-state index in [1.165, 1.54) is 135 Å². The summed E-state index contributed by atoms with van der Waals surface area (Å²) in [6.45, 7) is 6.34. The van der Waals surface area contributed by atoms with Gasteiger partial charge in [0.15, 0.2) is 6.10 Å². The van der Waals surface area contributed by atoms with E-state index in [4.69, 9.17) is 14.2 Å². The summed E-state index contributed by atoms with van der Waals surface area (Å²) in [6.07, 6.45) is 73.3. The quantitative estimate of drug-likeness (QED) is 0.0262. The number of allylic oxidation sites excluding steroid dienone is 14. The lowest BCUT2D eigenvalue weighted by Crippen LogP contribution is -2.30. The highest BCUT2D eigenvalue weighted by molar-refractivity contribution is 5.71. The van der Waals surface area contributed by atoms with Crippen LogP contribution in [0.3, 0.4) is 0 Å². The highest BCUT2D eigenvalue weighted by atomic mass is 16.6. The van der Waals surface area contributed by atoms with Crippen LogP contribution in [-0.2, 0) is 28.6 Å². The van der Waals surface area contributed by atoms with Gasteiger partial charge in [0.05, 0.1) is 0 Å². The first-order chi connectivity index (χ1) is 33.5. The molecular weight excluding hydrogens is 841 g/mol. The molecule has 1 unspecified atom stereocenters. The first kappa shape index (κ1) is 64.6. The summed E-state index contributed by atoms with van der Waals surface area (Å²) >= 11 is 0. The zero-order valence-corrected chi connectivity index (χ0v) is 44.6. The minimum Gasteiger partial charge on any atom is -0.462 e. The number of carbonyl (C=O) groups excluding carboxylic acids is 3. The van der Waals surface area contributed by atoms with Gasteiger partial charge in [-0.15, -0.1) is 0 Å². The van der Waals surface area contributed by atoms with Crippen LogP contribution in [0.25, 0.3) is 0 Å². The van der Waals surface area contributed by atoms with Gasteiger partial charge in [-0.2, -0.15) is 0 Å². The zero-order valence-electron chi connectivity index (χ0n) is 44.6. The van der Waals surface area contributed by atoms with Gasteiger partial charge in [-0.05, 0) is 77.0 Å². The molecule has 0 aliphatic carbocycles. The van der Waals surface area contributed by atoms with Crippen molar-refractivity contribution in [3.8, 4) is 0 Å². The summed E-state index contributed by atoms with van der Waals surface area (Å²) in [4.78, 5) is 38.0. The second-order valence-electron chi connectivity index (χ2n) is 18.8. The predicted molar refractivity (Wildman–Crippen MR) is 293 cm³/mol. The van der Waals surface area contributed by atoms with E-state index in [0.717, 1.165) is 89.9 Å². The van der Waals surface area contributed by atoms with Gasteiger partial charge in [0.1, 0.15) is 13.2 Å². The Morgan fingerprint density at radius 3 is 0.956 bits per heavy atom. The van der Waals surface area contributed by atoms with E-state index in [0.29, 0.717) is 19.3 Å². The van der Waals surface area contributed by atoms with Gasteiger partial charge in [0, 0.05) is 19.3 Å². The molecule has 0 aromatic heterocycles. The van der Waals surface area contributed by atoms with Crippen LogP contribution in [0.1, 0.15) is 271 Å². The number of ether oxygens (including phenoxy) is 3. The molecule has 0 saturated heterocycles. The van der Waals surface area contributed by atoms with Gasteiger partial charge in [-0.3, -0.25) is 14.4 Å². The molecule has 6 heteroatoms. The van der Waals surface area contributed by atoms with Crippen LogP contribution in [0.15, 0.2) is 85.1 Å². The summed E-state index contributed by atoms with van der Waals surface area (Å²) < 4.78 is 16.7. The molecule has 0 spiro atoms. The minimum absolute atomic E-state index is 0.113. The summed E-state index contributed by atoms with van der Waals surface area (Å²) in [6, 6.07) is 0. The lowest BCUT2D eigenvalue weighted by Gasteiger charge is -2.18. The van der Waals surface area contributed by atoms with Crippen molar-refractivity contribution in [1.29, 1.82) is 0 Å². The number of unbranched alkanes of at least 4 members (excludes halogenated alkanes) is 26. The van der Waals surface area contributed by atoms with Crippen molar-refractivity contribution in [2.24, 2.45) is 0 Å². The SMILES string of the molecule is CC/C=C\C/C=C\C/C=C\C/C=C\CCC(=O)OC(COC(=O)CCCCC/C=C\C/C=C\C/C=C\CC)COC(=O)CCCCCCCCCCCCCCCCCCCCCCCCCC. The fraction of sp³-hybridized carbons (Fsp3) is 0.726. The lowest BCUT2D eigenvalue weighted by atomic mass is 10.0. The third-order valence-corrected chi connectivity index (χ3v) is 12.2. The van der Waals surface area contributed by atoms with Crippen molar-refractivity contribution in [2.75, 3.05) is 13.2 Å². The Hall–Kier alpha value is -3.41. The predicted octanol–water partition coefficient (Wildman–Crippen LogP) is 19.2. The van der Waals surface area contributed by atoms with Gasteiger partial charge < -0.3 is 14.2 Å². The molecule has 0 bridgehead atoms. The molecule has 390 valence electrons. The molecule has 6 nitrogen and oxygen atoms in total. The van der Waals surface area contributed by atoms with Crippen molar-refractivity contribution >= 4 is 17.9 Å². The Labute approximate surface area is 420 Å². The monoisotopic (exact) mass is 947 g/mol. The lowest BCUT2D eigenvalue weighted by molar-refractivity contribution is -0.166. The Morgan fingerprint density at radius 1 is 0.309 bits per heavy atom. The normalized spacial score (nSPS) is 12.7. The molecule has 0 saturated carbocycles. The highest BCUT2D eigenvalue weighted by Crippen LogP contribution is 2.16. The summed E-state index contributed by atoms with van der Waals surface area (Å²) in [5, 5.41) is 0. The van der Waals surface area contributed by atoms with Gasteiger partial charge in [0.2, 0.25) is 0 Å². The summed E-state index contributed by atoms with van der Waals surface area (Å²) in [5.41, 5.74) is 0. The topological polar surface area (TPSA) is 78.9 Å². The van der Waals surface area contributed by atoms with E-state index in [2.05, 4.69) is 93.7 Å². The van der Waals surface area contributed by atoms with E-state index in [9.17, 15) is 14.4 Å². The van der Waals surface area contributed by atoms with Crippen LogP contribution < -0.4 is 0 Å². The molecular formula is C62H106O6. The number of esters is 3. The first-order valence-corrected chi connectivity index (χ1v) is 28.6. The Morgan fingerprint density at radius 2 is 0.603 bits per heavy atom. The van der Waals surface area contributed by atoms with Gasteiger partial charge >= 0.3 is 17.9 Å². The molecule has 0 heterocycles. The zero-order chi connectivity index (χ0) is 49.3. The fourth-order valence-corrected chi connectivity index (χ4v) is 7.94. The number of hydrogen-bond acceptors (Lipinski definition) is 6. The average Bonchev–Trinajstić information content (AvgIpc) is 3.34. The first-order valence-electron chi connectivity index (χ1n) is 28.6. The van der Waals surface area contributed by atoms with Crippen LogP contribution in [-0.4, -0.2) is 37.2 Å². The Kier molecular flexibility index (Phi) is 53.4. The molecule has 0 aromatic carbocycles. The van der Waals surface area contributed by atoms with Crippen molar-refractivity contribution in [2.45, 2.75) is 277 Å². The summed E-state index contributed by atoms with van der Waals surface area (Å²) in [7, 11) is 0. The maximum Gasteiger partial charge on any atom is 0.306 e. The van der Waals surface area contributed by atoms with Crippen LogP contribution >= 0.6 is 0 Å².